The van der Waals surface area contributed by atoms with Gasteiger partial charge in [-0.1, -0.05) is 0 Å². The molecule has 3 N–H and O–H groups in total. The molecule has 21 heavy (non-hydrogen) atoms. The highest BCUT2D eigenvalue weighted by Crippen LogP contribution is 2.52. The molecule has 12 heteroatoms. The highest BCUT2D eigenvalue weighted by molar-refractivity contribution is 14.1. The highest BCUT2D eigenvalue weighted by atomic mass is 127. The zero-order chi connectivity index (χ0) is 15.4. The number of H-pyrrole nitrogens is 1. The van der Waals surface area contributed by atoms with Crippen LogP contribution >= 0.6 is 30.4 Å². The zero-order valence-electron chi connectivity index (χ0n) is 10.2. The van der Waals surface area contributed by atoms with E-state index < -0.39 is 43.6 Å². The van der Waals surface area contributed by atoms with Crippen LogP contribution in [0.4, 0.5) is 0 Å². The Labute approximate surface area is 130 Å². The van der Waals surface area contributed by atoms with E-state index in [1.54, 1.807) is 22.6 Å². The number of nitrogens with one attached hydrogen (secondary N) is 1. The largest absolute Gasteiger partial charge is 0.472 e. The van der Waals surface area contributed by atoms with Crippen molar-refractivity contribution in [1.29, 1.82) is 0 Å². The quantitative estimate of drug-likeness (QED) is 0.376. The Morgan fingerprint density at radius 3 is 2.90 bits per heavy atom. The second-order valence-electron chi connectivity index (χ2n) is 4.53. The average Bonchev–Trinajstić information content (AvgIpc) is 2.70. The molecule has 3 heterocycles. The number of nitrogens with zero attached hydrogens (tertiary/aromatic N) is 1. The van der Waals surface area contributed by atoms with Crippen LogP contribution in [0.1, 0.15) is 6.23 Å². The van der Waals surface area contributed by atoms with Crippen molar-refractivity contribution in [1.82, 2.24) is 9.55 Å². The molecule has 10 nitrogen and oxygen atoms in total. The smallest absolute Gasteiger partial charge is 0.386 e. The number of phosphoric acid groups is 1. The number of aromatic nitrogens is 2. The summed E-state index contributed by atoms with van der Waals surface area (Å²) in [6.07, 6.45) is -3.18. The van der Waals surface area contributed by atoms with E-state index in [0.717, 1.165) is 4.57 Å². The predicted molar refractivity (Wildman–Crippen MR) is 74.6 cm³/mol. The van der Waals surface area contributed by atoms with Crippen molar-refractivity contribution in [3.63, 3.8) is 0 Å². The monoisotopic (exact) mass is 432 g/mol. The van der Waals surface area contributed by atoms with E-state index >= 15 is 0 Å². The maximum Gasteiger partial charge on any atom is 0.472 e. The molecule has 2 aliphatic heterocycles. The van der Waals surface area contributed by atoms with Gasteiger partial charge in [0.1, 0.15) is 18.3 Å². The van der Waals surface area contributed by atoms with Crippen LogP contribution in [0.2, 0.25) is 0 Å². The molecule has 0 radical (unpaired) electrons. The van der Waals surface area contributed by atoms with Crippen LogP contribution < -0.4 is 11.2 Å². The maximum atomic E-state index is 11.8. The van der Waals surface area contributed by atoms with Gasteiger partial charge >= 0.3 is 13.5 Å². The molecule has 2 fully saturated rings. The molecule has 5 atom stereocenters. The lowest BCUT2D eigenvalue weighted by Crippen LogP contribution is -2.40. The molecule has 2 saturated heterocycles. The van der Waals surface area contributed by atoms with Gasteiger partial charge in [0.25, 0.3) is 5.56 Å². The molecule has 0 aromatic carbocycles. The van der Waals surface area contributed by atoms with Crippen LogP contribution in [-0.4, -0.2) is 44.5 Å². The van der Waals surface area contributed by atoms with Gasteiger partial charge in [0.15, 0.2) is 6.23 Å². The van der Waals surface area contributed by atoms with Crippen molar-refractivity contribution < 1.29 is 28.3 Å². The topological polar surface area (TPSA) is 140 Å². The Hall–Kier alpha value is -0.560. The summed E-state index contributed by atoms with van der Waals surface area (Å²) in [6, 6.07) is 0. The zero-order valence-corrected chi connectivity index (χ0v) is 13.3. The number of hydrogen-bond donors (Lipinski definition) is 3. The van der Waals surface area contributed by atoms with E-state index in [9.17, 15) is 24.2 Å². The molecule has 116 valence electrons. The Kier molecular flexibility index (Phi) is 3.84. The summed E-state index contributed by atoms with van der Waals surface area (Å²) in [5, 5.41) is 10.2. The lowest BCUT2D eigenvalue weighted by molar-refractivity contribution is -0.0686. The first-order chi connectivity index (χ1) is 9.78. The van der Waals surface area contributed by atoms with Crippen LogP contribution in [0, 0.1) is 3.57 Å². The second-order valence-corrected chi connectivity index (χ2v) is 7.10. The third kappa shape index (κ3) is 2.74. The number of aliphatic hydroxyl groups excluding tert-OH is 1. The maximum absolute atomic E-state index is 11.8. The highest BCUT2D eigenvalue weighted by Gasteiger charge is 2.52. The van der Waals surface area contributed by atoms with Gasteiger partial charge in [-0.2, -0.15) is 0 Å². The van der Waals surface area contributed by atoms with Crippen molar-refractivity contribution in [2.75, 3.05) is 6.61 Å². The number of rotatable bonds is 1. The molecule has 1 aromatic rings. The Morgan fingerprint density at radius 2 is 2.19 bits per heavy atom. The fourth-order valence-electron chi connectivity index (χ4n) is 2.22. The molecule has 1 aromatic heterocycles. The van der Waals surface area contributed by atoms with Gasteiger partial charge in [0.05, 0.1) is 10.2 Å². The van der Waals surface area contributed by atoms with Crippen LogP contribution in [0.15, 0.2) is 15.8 Å². The Balaban J connectivity index is 1.95. The number of aliphatic hydroxyl groups is 1. The molecular weight excluding hydrogens is 422 g/mol. The molecule has 1 unspecified atom stereocenters. The standard InChI is InChI=1S/C9H10IN2O8P/c10-3-1-12(9(15)11-7(3)14)8-5(13)6-4(19-8)2-18-21(16,17)20-6/h1,4-6,8,13H,2H2,(H,16,17)(H,11,14,15)/t4-,5-,6-,8-/m1/s1. The first-order valence-corrected chi connectivity index (χ1v) is 8.36. The number of ether oxygens (including phenoxy) is 1. The van der Waals surface area contributed by atoms with E-state index in [1.807, 2.05) is 0 Å². The molecule has 3 rings (SSSR count). The third-order valence-electron chi connectivity index (χ3n) is 3.16. The summed E-state index contributed by atoms with van der Waals surface area (Å²) in [4.78, 5) is 34.5. The van der Waals surface area contributed by atoms with E-state index in [0.29, 0.717) is 0 Å². The van der Waals surface area contributed by atoms with Gasteiger partial charge in [-0.25, -0.2) is 9.36 Å². The summed E-state index contributed by atoms with van der Waals surface area (Å²) in [5.74, 6) is 0. The van der Waals surface area contributed by atoms with Gasteiger partial charge in [-0.3, -0.25) is 23.4 Å². The van der Waals surface area contributed by atoms with Gasteiger partial charge in [-0.05, 0) is 22.6 Å². The Bertz CT molecular complexity index is 731. The normalized spacial score (nSPS) is 39.2. The molecule has 0 aliphatic carbocycles. The molecule has 0 amide bonds. The van der Waals surface area contributed by atoms with Crippen LogP contribution in [0.25, 0.3) is 0 Å². The van der Waals surface area contributed by atoms with Crippen molar-refractivity contribution in [3.05, 3.63) is 30.6 Å². The van der Waals surface area contributed by atoms with Crippen molar-refractivity contribution in [3.8, 4) is 0 Å². The second kappa shape index (κ2) is 5.26. The minimum absolute atomic E-state index is 0.225. The lowest BCUT2D eigenvalue weighted by atomic mass is 10.1. The van der Waals surface area contributed by atoms with Crippen molar-refractivity contribution in [2.24, 2.45) is 0 Å². The fraction of sp³-hybridized carbons (Fsp3) is 0.556. The third-order valence-corrected chi connectivity index (χ3v) is 4.92. The Morgan fingerprint density at radius 1 is 1.48 bits per heavy atom. The molecule has 0 spiro atoms. The minimum atomic E-state index is -4.23. The van der Waals surface area contributed by atoms with Crippen LogP contribution in [0.5, 0.6) is 0 Å². The average molecular weight is 432 g/mol. The summed E-state index contributed by atoms with van der Waals surface area (Å²) in [6.45, 7) is -0.249. The molecule has 0 bridgehead atoms. The molecular formula is C9H10IN2O8P. The van der Waals surface area contributed by atoms with E-state index in [2.05, 4.69) is 9.51 Å². The number of aromatic amines is 1. The number of halogens is 1. The first-order valence-electron chi connectivity index (χ1n) is 5.79. The van der Waals surface area contributed by atoms with Crippen LogP contribution in [0.3, 0.4) is 0 Å². The van der Waals surface area contributed by atoms with Gasteiger partial charge in [-0.15, -0.1) is 0 Å². The minimum Gasteiger partial charge on any atom is -0.386 e. The van der Waals surface area contributed by atoms with Crippen molar-refractivity contribution in [2.45, 2.75) is 24.5 Å². The number of hydrogen-bond acceptors (Lipinski definition) is 7. The van der Waals surface area contributed by atoms with Crippen LogP contribution in [-0.2, 0) is 18.3 Å². The SMILES string of the molecule is O=c1[nH]c(=O)n([C@@H]2O[C@@H]3COP(=O)(O)O[C@H]3[C@H]2O)cc1I. The van der Waals surface area contributed by atoms with Gasteiger partial charge in [0.2, 0.25) is 0 Å². The fourth-order valence-corrected chi connectivity index (χ4v) is 3.61. The number of fused-ring (bicyclic) bond motifs is 1. The summed E-state index contributed by atoms with van der Waals surface area (Å²) >= 11 is 1.73. The summed E-state index contributed by atoms with van der Waals surface area (Å²) < 4.78 is 27.4. The van der Waals surface area contributed by atoms with E-state index in [4.69, 9.17) is 9.26 Å². The summed E-state index contributed by atoms with van der Waals surface area (Å²) in [7, 11) is -4.23. The molecule has 2 aliphatic rings. The van der Waals surface area contributed by atoms with Gasteiger partial charge < -0.3 is 14.7 Å². The predicted octanol–water partition coefficient (Wildman–Crippen LogP) is -1.08. The van der Waals surface area contributed by atoms with Gasteiger partial charge in [0, 0.05) is 6.20 Å². The van der Waals surface area contributed by atoms with E-state index in [-0.39, 0.29) is 10.2 Å². The van der Waals surface area contributed by atoms with E-state index in [1.165, 1.54) is 6.20 Å². The number of phosphoric ester groups is 1. The summed E-state index contributed by atoms with van der Waals surface area (Å²) in [5.41, 5.74) is -1.32. The van der Waals surface area contributed by atoms with Crippen molar-refractivity contribution >= 4 is 30.4 Å². The molecule has 0 saturated carbocycles. The first kappa shape index (κ1) is 15.3. The lowest BCUT2D eigenvalue weighted by Gasteiger charge is -2.27.